The second-order valence-electron chi connectivity index (χ2n) is 7.38. The Bertz CT molecular complexity index is 875. The van der Waals surface area contributed by atoms with E-state index in [2.05, 4.69) is 5.43 Å². The van der Waals surface area contributed by atoms with Crippen LogP contribution in [0, 0.1) is 0 Å². The number of hydrogen-bond acceptors (Lipinski definition) is 4. The second-order valence-corrected chi connectivity index (χ2v) is 7.38. The maximum absolute atomic E-state index is 13.8. The summed E-state index contributed by atoms with van der Waals surface area (Å²) < 4.78 is 46.6. The average molecular weight is 408 g/mol. The first-order valence-corrected chi connectivity index (χ1v) is 9.17. The minimum atomic E-state index is -5.03. The number of carbonyl (C=O) groups is 1. The van der Waals surface area contributed by atoms with Gasteiger partial charge in [0, 0.05) is 12.8 Å². The van der Waals surface area contributed by atoms with Crippen LogP contribution in [0.5, 0.6) is 5.75 Å². The smallest absolute Gasteiger partial charge is 0.438 e. The summed E-state index contributed by atoms with van der Waals surface area (Å²) in [5, 5.41) is 10.9. The summed E-state index contributed by atoms with van der Waals surface area (Å²) in [4.78, 5) is 12.7. The fraction of sp³-hybridized carbons (Fsp3) is 0.381. The average Bonchev–Trinajstić information content (AvgIpc) is 3.00. The van der Waals surface area contributed by atoms with Crippen molar-refractivity contribution in [1.29, 1.82) is 0 Å². The van der Waals surface area contributed by atoms with Crippen molar-refractivity contribution in [2.75, 3.05) is 7.11 Å². The lowest BCUT2D eigenvalue weighted by atomic mass is 9.86. The summed E-state index contributed by atoms with van der Waals surface area (Å²) in [6, 6.07) is 15.5. The fourth-order valence-electron chi connectivity index (χ4n) is 3.59. The molecule has 2 aromatic carbocycles. The van der Waals surface area contributed by atoms with Crippen molar-refractivity contribution in [3.05, 3.63) is 65.7 Å². The first-order valence-electron chi connectivity index (χ1n) is 9.17. The number of amides is 1. The van der Waals surface area contributed by atoms with Gasteiger partial charge in [0.1, 0.15) is 5.75 Å². The summed E-state index contributed by atoms with van der Waals surface area (Å²) in [6.07, 6.45) is -5.68. The molecule has 5 nitrogen and oxygen atoms in total. The zero-order chi connectivity index (χ0) is 21.3. The number of hydrogen-bond donors (Lipinski definition) is 2. The molecule has 0 saturated carbocycles. The third-order valence-electron chi connectivity index (χ3n) is 5.21. The molecule has 156 valence electrons. The fourth-order valence-corrected chi connectivity index (χ4v) is 3.59. The zero-order valence-electron chi connectivity index (χ0n) is 16.2. The molecule has 3 rings (SSSR count). The molecule has 2 unspecified atom stereocenters. The molecule has 8 heteroatoms. The van der Waals surface area contributed by atoms with Crippen molar-refractivity contribution in [3.63, 3.8) is 0 Å². The van der Waals surface area contributed by atoms with Gasteiger partial charge >= 0.3 is 6.18 Å². The van der Waals surface area contributed by atoms with Crippen LogP contribution in [-0.2, 0) is 16.8 Å². The Balaban J connectivity index is 1.88. The molecule has 2 aromatic rings. The third-order valence-corrected chi connectivity index (χ3v) is 5.21. The number of hydrazine groups is 1. The molecule has 1 aliphatic heterocycles. The van der Waals surface area contributed by atoms with E-state index in [0.29, 0.717) is 16.3 Å². The molecule has 1 saturated heterocycles. The second kappa shape index (κ2) is 7.68. The number of alkyl halides is 3. The van der Waals surface area contributed by atoms with E-state index in [1.807, 2.05) is 6.07 Å². The number of ether oxygens (including phenoxy) is 1. The van der Waals surface area contributed by atoms with Crippen molar-refractivity contribution >= 4 is 5.91 Å². The summed E-state index contributed by atoms with van der Waals surface area (Å²) in [5.41, 5.74) is -0.717. The number of carbonyl (C=O) groups excluding carboxylic acids is 1. The van der Waals surface area contributed by atoms with Gasteiger partial charge in [-0.1, -0.05) is 42.5 Å². The molecule has 1 amide bonds. The highest BCUT2D eigenvalue weighted by Gasteiger charge is 2.67. The molecular formula is C21H23F3N2O3. The van der Waals surface area contributed by atoms with Gasteiger partial charge in [-0.15, -0.1) is 0 Å². The lowest BCUT2D eigenvalue weighted by molar-refractivity contribution is -0.304. The Morgan fingerprint density at radius 2 is 1.90 bits per heavy atom. The molecule has 0 aromatic heterocycles. The van der Waals surface area contributed by atoms with Gasteiger partial charge in [-0.3, -0.25) is 4.79 Å². The number of nitrogens with zero attached hydrogens (tertiary/aromatic N) is 1. The highest BCUT2D eigenvalue weighted by Crippen LogP contribution is 2.47. The molecule has 0 bridgehead atoms. The molecule has 0 aliphatic carbocycles. The minimum absolute atomic E-state index is 0.177. The normalized spacial score (nSPS) is 24.6. The molecule has 29 heavy (non-hydrogen) atoms. The van der Waals surface area contributed by atoms with E-state index in [1.165, 1.54) is 14.0 Å². The van der Waals surface area contributed by atoms with Crippen molar-refractivity contribution in [3.8, 4) is 5.75 Å². The number of nitrogens with one attached hydrogen (secondary N) is 1. The van der Waals surface area contributed by atoms with Crippen LogP contribution in [0.25, 0.3) is 0 Å². The van der Waals surface area contributed by atoms with Crippen LogP contribution in [0.4, 0.5) is 13.2 Å². The molecule has 1 fully saturated rings. The molecular weight excluding hydrogens is 385 g/mol. The summed E-state index contributed by atoms with van der Waals surface area (Å²) in [5.74, 6) is -0.366. The van der Waals surface area contributed by atoms with Gasteiger partial charge in [0.15, 0.2) is 0 Å². The van der Waals surface area contributed by atoms with Gasteiger partial charge in [0.25, 0.3) is 5.72 Å². The number of halogens is 3. The first-order chi connectivity index (χ1) is 13.6. The Labute approximate surface area is 167 Å². The van der Waals surface area contributed by atoms with Crippen LogP contribution in [0.1, 0.15) is 30.9 Å². The quantitative estimate of drug-likeness (QED) is 0.795. The van der Waals surface area contributed by atoms with Gasteiger partial charge in [-0.25, -0.2) is 10.4 Å². The Hall–Kier alpha value is -2.58. The zero-order valence-corrected chi connectivity index (χ0v) is 16.2. The van der Waals surface area contributed by atoms with Crippen molar-refractivity contribution in [2.45, 2.75) is 43.6 Å². The maximum atomic E-state index is 13.8. The number of benzene rings is 2. The SMILES string of the molecule is COc1cccc(C2(C)CC(O)(C(F)(F)F)N(C(=O)CCc3ccccc3)N2)c1. The van der Waals surface area contributed by atoms with Gasteiger partial charge in [0.2, 0.25) is 5.91 Å². The molecule has 2 atom stereocenters. The first kappa shape index (κ1) is 21.1. The van der Waals surface area contributed by atoms with Crippen LogP contribution in [0.15, 0.2) is 54.6 Å². The number of aliphatic hydroxyl groups is 1. The van der Waals surface area contributed by atoms with Crippen molar-refractivity contribution in [2.24, 2.45) is 0 Å². The highest BCUT2D eigenvalue weighted by molar-refractivity contribution is 5.77. The van der Waals surface area contributed by atoms with E-state index in [1.54, 1.807) is 48.5 Å². The van der Waals surface area contributed by atoms with E-state index in [9.17, 15) is 23.1 Å². The lowest BCUT2D eigenvalue weighted by Gasteiger charge is -2.34. The molecule has 1 aliphatic rings. The van der Waals surface area contributed by atoms with E-state index in [-0.39, 0.29) is 12.8 Å². The topological polar surface area (TPSA) is 61.8 Å². The van der Waals surface area contributed by atoms with Crippen molar-refractivity contribution in [1.82, 2.24) is 10.4 Å². The van der Waals surface area contributed by atoms with Gasteiger partial charge in [-0.05, 0) is 36.6 Å². The minimum Gasteiger partial charge on any atom is -0.497 e. The molecule has 2 N–H and O–H groups in total. The van der Waals surface area contributed by atoms with Crippen molar-refractivity contribution < 1.29 is 27.8 Å². The van der Waals surface area contributed by atoms with E-state index < -0.39 is 29.8 Å². The molecule has 0 radical (unpaired) electrons. The molecule has 1 heterocycles. The number of rotatable bonds is 5. The summed E-state index contributed by atoms with van der Waals surface area (Å²) in [6.45, 7) is 1.52. The van der Waals surface area contributed by atoms with Gasteiger partial charge in [0.05, 0.1) is 12.6 Å². The lowest BCUT2D eigenvalue weighted by Crippen LogP contribution is -2.60. The Morgan fingerprint density at radius 1 is 1.21 bits per heavy atom. The van der Waals surface area contributed by atoms with Crippen LogP contribution in [-0.4, -0.2) is 35.0 Å². The van der Waals surface area contributed by atoms with Crippen LogP contribution in [0.2, 0.25) is 0 Å². The van der Waals surface area contributed by atoms with E-state index >= 15 is 0 Å². The molecule has 0 spiro atoms. The largest absolute Gasteiger partial charge is 0.497 e. The predicted octanol–water partition coefficient (Wildman–Crippen LogP) is 3.53. The predicted molar refractivity (Wildman–Crippen MR) is 101 cm³/mol. The van der Waals surface area contributed by atoms with Crippen LogP contribution < -0.4 is 10.2 Å². The summed E-state index contributed by atoms with van der Waals surface area (Å²) >= 11 is 0. The van der Waals surface area contributed by atoms with E-state index in [0.717, 1.165) is 5.56 Å². The third kappa shape index (κ3) is 4.09. The van der Waals surface area contributed by atoms with Gasteiger partial charge in [-0.2, -0.15) is 13.2 Å². The highest BCUT2D eigenvalue weighted by atomic mass is 19.4. The Morgan fingerprint density at radius 3 is 2.52 bits per heavy atom. The number of aryl methyl sites for hydroxylation is 1. The standard InChI is InChI=1S/C21H23F3N2O3/c1-19(16-9-6-10-17(13-16)29-2)14-20(28,21(22,23)24)26(25-19)18(27)12-11-15-7-4-3-5-8-15/h3-10,13,25,28H,11-12,14H2,1-2H3. The maximum Gasteiger partial charge on any atom is 0.438 e. The van der Waals surface area contributed by atoms with Crippen LogP contribution in [0.3, 0.4) is 0 Å². The van der Waals surface area contributed by atoms with E-state index in [4.69, 9.17) is 4.74 Å². The summed E-state index contributed by atoms with van der Waals surface area (Å²) in [7, 11) is 1.45. The Kier molecular flexibility index (Phi) is 5.60. The van der Waals surface area contributed by atoms with Gasteiger partial charge < -0.3 is 9.84 Å². The number of methoxy groups -OCH3 is 1. The monoisotopic (exact) mass is 408 g/mol. The van der Waals surface area contributed by atoms with Crippen LogP contribution >= 0.6 is 0 Å².